The Labute approximate surface area is 169 Å². The van der Waals surface area contributed by atoms with Crippen LogP contribution in [0.15, 0.2) is 48.7 Å². The second-order valence-corrected chi connectivity index (χ2v) is 6.90. The molecule has 0 saturated carbocycles. The fourth-order valence-corrected chi connectivity index (χ4v) is 3.64. The molecule has 0 spiro atoms. The van der Waals surface area contributed by atoms with Crippen molar-refractivity contribution in [2.75, 3.05) is 13.1 Å². The van der Waals surface area contributed by atoms with Gasteiger partial charge in [-0.15, -0.1) is 0 Å². The molecule has 29 heavy (non-hydrogen) atoms. The highest BCUT2D eigenvalue weighted by Crippen LogP contribution is 2.29. The van der Waals surface area contributed by atoms with Gasteiger partial charge >= 0.3 is 0 Å². The molecule has 0 N–H and O–H groups in total. The first-order valence-corrected chi connectivity index (χ1v) is 9.78. The molecule has 0 aliphatic carbocycles. The second-order valence-electron chi connectivity index (χ2n) is 6.90. The zero-order chi connectivity index (χ0) is 20.5. The van der Waals surface area contributed by atoms with Gasteiger partial charge in [0.2, 0.25) is 0 Å². The van der Waals surface area contributed by atoms with Crippen molar-refractivity contribution in [3.8, 4) is 17.1 Å². The molecule has 148 valence electrons. The van der Waals surface area contributed by atoms with Crippen LogP contribution >= 0.6 is 0 Å². The number of carbonyl (C=O) groups excluding carboxylic acids is 1. The van der Waals surface area contributed by atoms with Crippen molar-refractivity contribution in [2.45, 2.75) is 20.8 Å². The van der Waals surface area contributed by atoms with E-state index in [1.807, 2.05) is 79.9 Å². The van der Waals surface area contributed by atoms with Gasteiger partial charge in [0.25, 0.3) is 5.91 Å². The lowest BCUT2D eigenvalue weighted by molar-refractivity contribution is 0.0775. The summed E-state index contributed by atoms with van der Waals surface area (Å²) in [6, 6.07) is 13.6. The summed E-state index contributed by atoms with van der Waals surface area (Å²) in [5, 5.41) is 9.77. The van der Waals surface area contributed by atoms with Gasteiger partial charge in [-0.1, -0.05) is 18.2 Å². The van der Waals surface area contributed by atoms with Crippen LogP contribution < -0.4 is 0 Å². The van der Waals surface area contributed by atoms with E-state index >= 15 is 0 Å². The summed E-state index contributed by atoms with van der Waals surface area (Å²) in [6.45, 7) is 7.19. The zero-order valence-corrected chi connectivity index (χ0v) is 17.1. The molecule has 0 aliphatic rings. The summed E-state index contributed by atoms with van der Waals surface area (Å²) in [6.07, 6.45) is 1.73. The Balaban J connectivity index is 2.04. The molecule has 1 aromatic carbocycles. The number of pyridine rings is 1. The number of benzene rings is 1. The highest BCUT2D eigenvalue weighted by Gasteiger charge is 2.23. The minimum absolute atomic E-state index is 0.0125. The van der Waals surface area contributed by atoms with Gasteiger partial charge in [0.1, 0.15) is 0 Å². The summed E-state index contributed by atoms with van der Waals surface area (Å²) in [4.78, 5) is 20.1. The first kappa shape index (κ1) is 18.9. The van der Waals surface area contributed by atoms with Crippen molar-refractivity contribution in [3.05, 3.63) is 59.9 Å². The maximum atomic E-state index is 13.4. The van der Waals surface area contributed by atoms with Crippen molar-refractivity contribution in [2.24, 2.45) is 7.05 Å². The summed E-state index contributed by atoms with van der Waals surface area (Å²) < 4.78 is 3.57. The van der Waals surface area contributed by atoms with E-state index in [1.54, 1.807) is 10.9 Å². The molecular formula is C22H24N6O. The van der Waals surface area contributed by atoms with Crippen molar-refractivity contribution < 1.29 is 4.79 Å². The Morgan fingerprint density at radius 2 is 1.83 bits per heavy atom. The second kappa shape index (κ2) is 7.50. The van der Waals surface area contributed by atoms with Gasteiger partial charge in [0.15, 0.2) is 5.65 Å². The standard InChI is InChI=1S/C22H24N6O/c1-5-27(6-2)22(29)17-14-18(19-12-13-23-26(19)4)24-21-20(17)15(3)25-28(21)16-10-8-7-9-11-16/h7-14H,5-6H2,1-4H3. The molecule has 7 heteroatoms. The van der Waals surface area contributed by atoms with Crippen LogP contribution in [0.4, 0.5) is 0 Å². The third kappa shape index (κ3) is 3.18. The number of amides is 1. The number of hydrogen-bond acceptors (Lipinski definition) is 4. The number of nitrogens with zero attached hydrogens (tertiary/aromatic N) is 6. The third-order valence-electron chi connectivity index (χ3n) is 5.18. The summed E-state index contributed by atoms with van der Waals surface area (Å²) in [5.41, 5.74) is 4.52. The van der Waals surface area contributed by atoms with Gasteiger partial charge in [0, 0.05) is 26.3 Å². The van der Waals surface area contributed by atoms with Gasteiger partial charge in [0.05, 0.1) is 33.7 Å². The van der Waals surface area contributed by atoms with E-state index in [0.29, 0.717) is 30.0 Å². The Morgan fingerprint density at radius 1 is 1.10 bits per heavy atom. The van der Waals surface area contributed by atoms with E-state index in [-0.39, 0.29) is 5.91 Å². The average Bonchev–Trinajstić information content (AvgIpc) is 3.32. The molecule has 0 bridgehead atoms. The first-order valence-electron chi connectivity index (χ1n) is 9.78. The normalized spacial score (nSPS) is 11.2. The molecule has 0 atom stereocenters. The number of rotatable bonds is 5. The predicted octanol–water partition coefficient (Wildman–Crippen LogP) is 3.61. The van der Waals surface area contributed by atoms with Crippen LogP contribution in [0, 0.1) is 6.92 Å². The Hall–Kier alpha value is -3.48. The van der Waals surface area contributed by atoms with Crippen LogP contribution in [-0.2, 0) is 7.05 Å². The van der Waals surface area contributed by atoms with Crippen LogP contribution in [0.1, 0.15) is 29.9 Å². The van der Waals surface area contributed by atoms with Gasteiger partial charge in [-0.3, -0.25) is 9.48 Å². The van der Waals surface area contributed by atoms with Crippen molar-refractivity contribution in [1.82, 2.24) is 29.4 Å². The SMILES string of the molecule is CCN(CC)C(=O)c1cc(-c2ccnn2C)nc2c1c(C)nn2-c1ccccc1. The van der Waals surface area contributed by atoms with Gasteiger partial charge in [-0.25, -0.2) is 9.67 Å². The Morgan fingerprint density at radius 3 is 2.45 bits per heavy atom. The largest absolute Gasteiger partial charge is 0.339 e. The molecule has 0 fully saturated rings. The average molecular weight is 388 g/mol. The number of carbonyl (C=O) groups is 1. The molecule has 0 unspecified atom stereocenters. The van der Waals surface area contributed by atoms with Crippen LogP contribution in [0.2, 0.25) is 0 Å². The van der Waals surface area contributed by atoms with E-state index in [2.05, 4.69) is 5.10 Å². The van der Waals surface area contributed by atoms with Crippen molar-refractivity contribution >= 4 is 16.9 Å². The van der Waals surface area contributed by atoms with E-state index < -0.39 is 0 Å². The molecule has 1 amide bonds. The van der Waals surface area contributed by atoms with Crippen LogP contribution in [0.3, 0.4) is 0 Å². The quantitative estimate of drug-likeness (QED) is 0.524. The minimum atomic E-state index is -0.0125. The smallest absolute Gasteiger partial charge is 0.254 e. The molecule has 0 saturated heterocycles. The highest BCUT2D eigenvalue weighted by atomic mass is 16.2. The van der Waals surface area contributed by atoms with E-state index in [1.165, 1.54) is 0 Å². The number of fused-ring (bicyclic) bond motifs is 1. The third-order valence-corrected chi connectivity index (χ3v) is 5.18. The first-order chi connectivity index (χ1) is 14.0. The lowest BCUT2D eigenvalue weighted by Gasteiger charge is -2.19. The lowest BCUT2D eigenvalue weighted by atomic mass is 10.1. The highest BCUT2D eigenvalue weighted by molar-refractivity contribution is 6.07. The summed E-state index contributed by atoms with van der Waals surface area (Å²) in [5.74, 6) is -0.0125. The minimum Gasteiger partial charge on any atom is -0.339 e. The van der Waals surface area contributed by atoms with Crippen molar-refractivity contribution in [3.63, 3.8) is 0 Å². The molecule has 4 aromatic rings. The molecule has 4 rings (SSSR count). The molecule has 7 nitrogen and oxygen atoms in total. The van der Waals surface area contributed by atoms with E-state index in [0.717, 1.165) is 22.5 Å². The monoisotopic (exact) mass is 388 g/mol. The number of aryl methyl sites for hydroxylation is 2. The zero-order valence-electron chi connectivity index (χ0n) is 17.1. The van der Waals surface area contributed by atoms with Gasteiger partial charge in [-0.05, 0) is 45.0 Å². The summed E-state index contributed by atoms with van der Waals surface area (Å²) in [7, 11) is 1.87. The van der Waals surface area contributed by atoms with Gasteiger partial charge < -0.3 is 4.90 Å². The molecular weight excluding hydrogens is 364 g/mol. The van der Waals surface area contributed by atoms with Crippen LogP contribution in [0.5, 0.6) is 0 Å². The number of aromatic nitrogens is 5. The van der Waals surface area contributed by atoms with Crippen LogP contribution in [-0.4, -0.2) is 48.4 Å². The van der Waals surface area contributed by atoms with Crippen LogP contribution in [0.25, 0.3) is 28.1 Å². The lowest BCUT2D eigenvalue weighted by Crippen LogP contribution is -2.30. The fraction of sp³-hybridized carbons (Fsp3) is 0.273. The summed E-state index contributed by atoms with van der Waals surface area (Å²) >= 11 is 0. The predicted molar refractivity (Wildman–Crippen MR) is 113 cm³/mol. The number of hydrogen-bond donors (Lipinski definition) is 0. The topological polar surface area (TPSA) is 68.8 Å². The molecule has 0 radical (unpaired) electrons. The van der Waals surface area contributed by atoms with E-state index in [4.69, 9.17) is 10.1 Å². The number of para-hydroxylation sites is 1. The maximum Gasteiger partial charge on any atom is 0.254 e. The van der Waals surface area contributed by atoms with Crippen molar-refractivity contribution in [1.29, 1.82) is 0 Å². The molecule has 0 aliphatic heterocycles. The molecule has 3 heterocycles. The maximum absolute atomic E-state index is 13.4. The Bertz CT molecular complexity index is 1170. The van der Waals surface area contributed by atoms with Gasteiger partial charge in [-0.2, -0.15) is 10.2 Å². The fourth-order valence-electron chi connectivity index (χ4n) is 3.64. The molecule has 3 aromatic heterocycles. The Kier molecular flexibility index (Phi) is 4.88. The van der Waals surface area contributed by atoms with E-state index in [9.17, 15) is 4.79 Å².